The van der Waals surface area contributed by atoms with Crippen molar-refractivity contribution < 1.29 is 22.7 Å². The van der Waals surface area contributed by atoms with E-state index in [4.69, 9.17) is 15.5 Å². The van der Waals surface area contributed by atoms with Crippen molar-refractivity contribution in [1.82, 2.24) is 0 Å². The van der Waals surface area contributed by atoms with Crippen molar-refractivity contribution in [3.63, 3.8) is 0 Å². The molecule has 2 aromatic rings. The topological polar surface area (TPSA) is 64.7 Å². The van der Waals surface area contributed by atoms with E-state index in [1.54, 1.807) is 0 Å². The monoisotopic (exact) mass is 432 g/mol. The van der Waals surface area contributed by atoms with Gasteiger partial charge in [0, 0.05) is 12.3 Å². The summed E-state index contributed by atoms with van der Waals surface area (Å²) >= 11 is 0. The van der Waals surface area contributed by atoms with E-state index in [9.17, 15) is 18.0 Å². The standard InChI is InChI=1S/C24H27F3N2O2/c1-23(2,3)18(14-20(28)30)22-29-19(13-15-7-5-4-6-8-15)21(31-22)16-9-11-17(12-10-16)24(25,26)27/h4-12,18-19,21H,13-14H2,1-3H3,(H2,28,30)/t18-,19+,21+/m1/s1. The highest BCUT2D eigenvalue weighted by molar-refractivity contribution is 5.87. The number of nitrogens with zero attached hydrogens (tertiary/aromatic N) is 1. The van der Waals surface area contributed by atoms with Gasteiger partial charge in [-0.2, -0.15) is 13.2 Å². The first-order valence-corrected chi connectivity index (χ1v) is 10.2. The lowest BCUT2D eigenvalue weighted by Gasteiger charge is -2.29. The summed E-state index contributed by atoms with van der Waals surface area (Å²) < 4.78 is 45.2. The molecule has 1 heterocycles. The average molecular weight is 432 g/mol. The smallest absolute Gasteiger partial charge is 0.416 e. The van der Waals surface area contributed by atoms with Crippen LogP contribution in [-0.4, -0.2) is 17.8 Å². The van der Waals surface area contributed by atoms with Crippen molar-refractivity contribution in [1.29, 1.82) is 0 Å². The fraction of sp³-hybridized carbons (Fsp3) is 0.417. The van der Waals surface area contributed by atoms with E-state index in [1.165, 1.54) is 12.1 Å². The third kappa shape index (κ3) is 5.66. The van der Waals surface area contributed by atoms with Crippen LogP contribution in [0.5, 0.6) is 0 Å². The molecule has 3 rings (SSSR count). The molecule has 0 aromatic heterocycles. The minimum Gasteiger partial charge on any atom is -0.470 e. The molecule has 0 bridgehead atoms. The number of hydrogen-bond donors (Lipinski definition) is 1. The van der Waals surface area contributed by atoms with Crippen molar-refractivity contribution in [2.75, 3.05) is 0 Å². The van der Waals surface area contributed by atoms with E-state index in [1.807, 2.05) is 51.1 Å². The zero-order chi connectivity index (χ0) is 22.8. The number of alkyl halides is 3. The molecule has 166 valence electrons. The van der Waals surface area contributed by atoms with Crippen LogP contribution in [0.2, 0.25) is 0 Å². The maximum atomic E-state index is 13.0. The summed E-state index contributed by atoms with van der Waals surface area (Å²) in [5.74, 6) is -0.358. The largest absolute Gasteiger partial charge is 0.470 e. The van der Waals surface area contributed by atoms with E-state index >= 15 is 0 Å². The molecule has 31 heavy (non-hydrogen) atoms. The normalized spacial score (nSPS) is 20.1. The van der Waals surface area contributed by atoms with Crippen LogP contribution in [0.4, 0.5) is 13.2 Å². The quantitative estimate of drug-likeness (QED) is 0.671. The fourth-order valence-corrected chi connectivity index (χ4v) is 3.77. The number of rotatable bonds is 6. The molecule has 0 radical (unpaired) electrons. The number of nitrogens with two attached hydrogens (primary N) is 1. The zero-order valence-electron chi connectivity index (χ0n) is 17.8. The van der Waals surface area contributed by atoms with E-state index < -0.39 is 23.8 Å². The van der Waals surface area contributed by atoms with Crippen molar-refractivity contribution in [2.24, 2.45) is 22.1 Å². The van der Waals surface area contributed by atoms with Gasteiger partial charge in [0.2, 0.25) is 5.91 Å². The average Bonchev–Trinajstić information content (AvgIpc) is 3.08. The Bertz CT molecular complexity index is 932. The van der Waals surface area contributed by atoms with Crippen LogP contribution >= 0.6 is 0 Å². The highest BCUT2D eigenvalue weighted by atomic mass is 19.4. The summed E-state index contributed by atoms with van der Waals surface area (Å²) in [6.07, 6.45) is -4.31. The number of halogens is 3. The van der Waals surface area contributed by atoms with Gasteiger partial charge in [-0.1, -0.05) is 63.2 Å². The number of carbonyl (C=O) groups is 1. The van der Waals surface area contributed by atoms with Gasteiger partial charge in [-0.05, 0) is 35.1 Å². The van der Waals surface area contributed by atoms with Crippen molar-refractivity contribution in [3.8, 4) is 0 Å². The number of carbonyl (C=O) groups excluding carboxylic acids is 1. The summed E-state index contributed by atoms with van der Waals surface area (Å²) in [6.45, 7) is 5.93. The van der Waals surface area contributed by atoms with E-state index in [0.717, 1.165) is 17.7 Å². The lowest BCUT2D eigenvalue weighted by Crippen LogP contribution is -2.33. The molecule has 7 heteroatoms. The first-order chi connectivity index (χ1) is 14.4. The number of ether oxygens (including phenoxy) is 1. The summed E-state index contributed by atoms with van der Waals surface area (Å²) in [6, 6.07) is 14.4. The minimum absolute atomic E-state index is 0.0835. The van der Waals surface area contributed by atoms with Crippen LogP contribution in [-0.2, 0) is 22.1 Å². The molecule has 0 fully saturated rings. The highest BCUT2D eigenvalue weighted by Crippen LogP contribution is 2.39. The van der Waals surface area contributed by atoms with E-state index in [2.05, 4.69) is 0 Å². The highest BCUT2D eigenvalue weighted by Gasteiger charge is 2.40. The maximum absolute atomic E-state index is 13.0. The summed E-state index contributed by atoms with van der Waals surface area (Å²) in [7, 11) is 0. The number of benzene rings is 2. The third-order valence-electron chi connectivity index (χ3n) is 5.49. The summed E-state index contributed by atoms with van der Waals surface area (Å²) in [5, 5.41) is 0. The molecular weight excluding hydrogens is 405 g/mol. The SMILES string of the molecule is CC(C)(C)[C@H](CC(N)=O)C1=N[C@@H](Cc2ccccc2)[C@H](c2ccc(C(F)(F)F)cc2)O1. The van der Waals surface area contributed by atoms with Gasteiger partial charge in [0.15, 0.2) is 5.90 Å². The second kappa shape index (κ2) is 8.73. The molecule has 3 atom stereocenters. The minimum atomic E-state index is -4.40. The van der Waals surface area contributed by atoms with Crippen LogP contribution < -0.4 is 5.73 Å². The molecule has 1 aliphatic heterocycles. The summed E-state index contributed by atoms with van der Waals surface area (Å²) in [4.78, 5) is 16.5. The Morgan fingerprint density at radius 1 is 1.06 bits per heavy atom. The molecule has 0 saturated carbocycles. The number of primary amides is 1. The van der Waals surface area contributed by atoms with Crippen LogP contribution in [0.25, 0.3) is 0 Å². The molecule has 2 N–H and O–H groups in total. The molecule has 2 aromatic carbocycles. The predicted molar refractivity (Wildman–Crippen MR) is 113 cm³/mol. The van der Waals surface area contributed by atoms with Crippen LogP contribution in [0, 0.1) is 11.3 Å². The molecule has 0 spiro atoms. The molecule has 1 aliphatic rings. The van der Waals surface area contributed by atoms with Gasteiger partial charge in [-0.25, -0.2) is 4.99 Å². The maximum Gasteiger partial charge on any atom is 0.416 e. The number of hydrogen-bond acceptors (Lipinski definition) is 3. The molecule has 4 nitrogen and oxygen atoms in total. The summed E-state index contributed by atoms with van der Waals surface area (Å²) in [5.41, 5.74) is 6.07. The Hall–Kier alpha value is -2.83. The van der Waals surface area contributed by atoms with Crippen molar-refractivity contribution in [3.05, 3.63) is 71.3 Å². The Kier molecular flexibility index (Phi) is 6.43. The fourth-order valence-electron chi connectivity index (χ4n) is 3.77. The van der Waals surface area contributed by atoms with Gasteiger partial charge >= 0.3 is 6.18 Å². The Balaban J connectivity index is 1.94. The zero-order valence-corrected chi connectivity index (χ0v) is 17.8. The van der Waals surface area contributed by atoms with Gasteiger partial charge in [0.25, 0.3) is 0 Å². The van der Waals surface area contributed by atoms with E-state index in [0.29, 0.717) is 17.9 Å². The Morgan fingerprint density at radius 3 is 2.19 bits per heavy atom. The van der Waals surface area contributed by atoms with Crippen LogP contribution in [0.3, 0.4) is 0 Å². The first kappa shape index (κ1) is 22.8. The molecule has 1 amide bonds. The predicted octanol–water partition coefficient (Wildman–Crippen LogP) is 5.32. The van der Waals surface area contributed by atoms with Gasteiger partial charge in [-0.15, -0.1) is 0 Å². The van der Waals surface area contributed by atoms with Crippen molar-refractivity contribution >= 4 is 11.8 Å². The van der Waals surface area contributed by atoms with E-state index in [-0.39, 0.29) is 23.8 Å². The van der Waals surface area contributed by atoms with Gasteiger partial charge in [0.1, 0.15) is 6.10 Å². The number of aliphatic imine (C=N–C) groups is 1. The molecule has 0 unspecified atom stereocenters. The lowest BCUT2D eigenvalue weighted by molar-refractivity contribution is -0.137. The van der Waals surface area contributed by atoms with Gasteiger partial charge < -0.3 is 10.5 Å². The van der Waals surface area contributed by atoms with Gasteiger partial charge in [0.05, 0.1) is 11.6 Å². The lowest BCUT2D eigenvalue weighted by atomic mass is 9.78. The van der Waals surface area contributed by atoms with Crippen LogP contribution in [0.1, 0.15) is 50.0 Å². The Morgan fingerprint density at radius 2 is 1.68 bits per heavy atom. The molecular formula is C24H27F3N2O2. The molecule has 0 aliphatic carbocycles. The van der Waals surface area contributed by atoms with Crippen LogP contribution in [0.15, 0.2) is 59.6 Å². The van der Waals surface area contributed by atoms with Crippen molar-refractivity contribution in [2.45, 2.75) is 51.9 Å². The second-order valence-corrected chi connectivity index (χ2v) is 8.97. The first-order valence-electron chi connectivity index (χ1n) is 10.2. The number of amides is 1. The second-order valence-electron chi connectivity index (χ2n) is 8.97. The van der Waals surface area contributed by atoms with Gasteiger partial charge in [-0.3, -0.25) is 4.79 Å². The Labute approximate surface area is 180 Å². The molecule has 0 saturated heterocycles. The third-order valence-corrected chi connectivity index (χ3v) is 5.49.